The summed E-state index contributed by atoms with van der Waals surface area (Å²) in [5, 5.41) is 0. The molecule has 0 saturated carbocycles. The Balaban J connectivity index is 2.13. The minimum absolute atomic E-state index is 0.0776. The molecule has 0 aliphatic rings. The Bertz CT molecular complexity index is 594. The van der Waals surface area contributed by atoms with Crippen LogP contribution in [0.4, 0.5) is 5.82 Å². The first-order chi connectivity index (χ1) is 9.70. The number of halogens is 1. The molecule has 1 aromatic carbocycles. The number of rotatable bonds is 4. The molecule has 0 radical (unpaired) electrons. The fourth-order valence-electron chi connectivity index (χ4n) is 1.78. The van der Waals surface area contributed by atoms with Gasteiger partial charge in [-0.2, -0.15) is 0 Å². The molecule has 1 amide bonds. The summed E-state index contributed by atoms with van der Waals surface area (Å²) in [6.45, 7) is 2.50. The van der Waals surface area contributed by atoms with Crippen molar-refractivity contribution in [2.75, 3.05) is 11.4 Å². The number of amides is 1. The van der Waals surface area contributed by atoms with Crippen LogP contribution in [0.25, 0.3) is 6.08 Å². The van der Waals surface area contributed by atoms with E-state index in [1.165, 1.54) is 0 Å². The largest absolute Gasteiger partial charge is 0.294 e. The molecule has 1 aromatic heterocycles. The normalized spacial score (nSPS) is 10.7. The zero-order valence-corrected chi connectivity index (χ0v) is 12.7. The zero-order valence-electron chi connectivity index (χ0n) is 11.2. The number of carbonyl (C=O) groups excluding carboxylic acids is 1. The van der Waals surface area contributed by atoms with Gasteiger partial charge >= 0.3 is 0 Å². The van der Waals surface area contributed by atoms with Gasteiger partial charge in [0.25, 0.3) is 5.91 Å². The first kappa shape index (κ1) is 14.5. The summed E-state index contributed by atoms with van der Waals surface area (Å²) in [4.78, 5) is 18.1. The number of benzene rings is 1. The van der Waals surface area contributed by atoms with E-state index >= 15 is 0 Å². The second-order valence-corrected chi connectivity index (χ2v) is 5.08. The highest BCUT2D eigenvalue weighted by atomic mass is 79.9. The van der Waals surface area contributed by atoms with Gasteiger partial charge in [-0.1, -0.05) is 30.3 Å². The second kappa shape index (κ2) is 7.01. The lowest BCUT2D eigenvalue weighted by atomic mass is 10.2. The molecule has 0 fully saturated rings. The first-order valence-corrected chi connectivity index (χ1v) is 7.16. The molecule has 0 N–H and O–H groups in total. The fourth-order valence-corrected chi connectivity index (χ4v) is 2.01. The van der Waals surface area contributed by atoms with Crippen LogP contribution in [0.5, 0.6) is 0 Å². The van der Waals surface area contributed by atoms with E-state index in [1.807, 2.05) is 55.5 Å². The number of nitrogens with zero attached hydrogens (tertiary/aromatic N) is 2. The van der Waals surface area contributed by atoms with Crippen LogP contribution >= 0.6 is 15.9 Å². The number of likely N-dealkylation sites (N-methyl/N-ethyl adjacent to an activating group) is 1. The number of pyridine rings is 1. The monoisotopic (exact) mass is 330 g/mol. The van der Waals surface area contributed by atoms with Crippen molar-refractivity contribution in [3.63, 3.8) is 0 Å². The summed E-state index contributed by atoms with van der Waals surface area (Å²) >= 11 is 3.33. The molecule has 0 aliphatic heterocycles. The van der Waals surface area contributed by atoms with E-state index < -0.39 is 0 Å². The van der Waals surface area contributed by atoms with Crippen LogP contribution < -0.4 is 4.90 Å². The van der Waals surface area contributed by atoms with Crippen LogP contribution in [0.15, 0.2) is 59.2 Å². The second-order valence-electron chi connectivity index (χ2n) is 4.16. The molecule has 1 heterocycles. The molecule has 20 heavy (non-hydrogen) atoms. The molecule has 0 aliphatic carbocycles. The van der Waals surface area contributed by atoms with E-state index in [1.54, 1.807) is 17.2 Å². The minimum Gasteiger partial charge on any atom is -0.294 e. The van der Waals surface area contributed by atoms with Gasteiger partial charge in [0.05, 0.1) is 0 Å². The average molecular weight is 331 g/mol. The molecular weight excluding hydrogens is 316 g/mol. The fraction of sp³-hybridized carbons (Fsp3) is 0.125. The van der Waals surface area contributed by atoms with Gasteiger partial charge in [0, 0.05) is 23.3 Å². The molecule has 3 nitrogen and oxygen atoms in total. The van der Waals surface area contributed by atoms with E-state index in [0.29, 0.717) is 12.4 Å². The van der Waals surface area contributed by atoms with Gasteiger partial charge in [0.2, 0.25) is 0 Å². The summed E-state index contributed by atoms with van der Waals surface area (Å²) in [6.07, 6.45) is 5.07. The summed E-state index contributed by atoms with van der Waals surface area (Å²) in [6, 6.07) is 13.4. The highest BCUT2D eigenvalue weighted by Crippen LogP contribution is 2.15. The van der Waals surface area contributed by atoms with Gasteiger partial charge < -0.3 is 0 Å². The van der Waals surface area contributed by atoms with E-state index in [9.17, 15) is 4.79 Å². The molecular formula is C16H15BrN2O. The van der Waals surface area contributed by atoms with Crippen LogP contribution in [0.3, 0.4) is 0 Å². The van der Waals surface area contributed by atoms with Gasteiger partial charge in [-0.15, -0.1) is 0 Å². The number of carbonyl (C=O) groups is 1. The Kier molecular flexibility index (Phi) is 5.07. The lowest BCUT2D eigenvalue weighted by Crippen LogP contribution is -2.29. The number of hydrogen-bond acceptors (Lipinski definition) is 2. The maximum Gasteiger partial charge on any atom is 0.252 e. The smallest absolute Gasteiger partial charge is 0.252 e. The van der Waals surface area contributed by atoms with Crippen LogP contribution in [0.2, 0.25) is 0 Å². The molecule has 0 saturated heterocycles. The van der Waals surface area contributed by atoms with Gasteiger partial charge in [-0.05, 0) is 46.6 Å². The Morgan fingerprint density at radius 1 is 1.25 bits per heavy atom. The lowest BCUT2D eigenvalue weighted by Gasteiger charge is -2.17. The maximum atomic E-state index is 12.2. The van der Waals surface area contributed by atoms with Crippen LogP contribution in [-0.4, -0.2) is 17.4 Å². The average Bonchev–Trinajstić information content (AvgIpc) is 2.49. The standard InChI is InChI=1S/C16H15BrN2O/c1-2-19(15-10-9-14(17)12-18-15)16(20)11-8-13-6-4-3-5-7-13/h3-12H,2H2,1H3/b11-8+. The van der Waals surface area contributed by atoms with Crippen molar-refractivity contribution in [2.45, 2.75) is 6.92 Å². The number of aromatic nitrogens is 1. The molecule has 2 rings (SSSR count). The lowest BCUT2D eigenvalue weighted by molar-refractivity contribution is -0.114. The van der Waals surface area contributed by atoms with E-state index in [2.05, 4.69) is 20.9 Å². The van der Waals surface area contributed by atoms with Crippen molar-refractivity contribution in [3.05, 3.63) is 64.8 Å². The summed E-state index contributed by atoms with van der Waals surface area (Å²) in [7, 11) is 0. The van der Waals surface area contributed by atoms with Crippen molar-refractivity contribution in [1.82, 2.24) is 4.98 Å². The molecule has 0 spiro atoms. The Labute approximate surface area is 127 Å². The minimum atomic E-state index is -0.0776. The highest BCUT2D eigenvalue weighted by molar-refractivity contribution is 9.10. The topological polar surface area (TPSA) is 33.2 Å². The summed E-state index contributed by atoms with van der Waals surface area (Å²) in [5.74, 6) is 0.574. The van der Waals surface area contributed by atoms with Crippen LogP contribution in [0, 0.1) is 0 Å². The van der Waals surface area contributed by atoms with Gasteiger partial charge in [0.15, 0.2) is 0 Å². The van der Waals surface area contributed by atoms with Gasteiger partial charge in [-0.3, -0.25) is 9.69 Å². The molecule has 102 valence electrons. The van der Waals surface area contributed by atoms with Crippen molar-refractivity contribution < 1.29 is 4.79 Å². The van der Waals surface area contributed by atoms with Gasteiger partial charge in [0.1, 0.15) is 5.82 Å². The zero-order chi connectivity index (χ0) is 14.4. The van der Waals surface area contributed by atoms with Crippen molar-refractivity contribution >= 4 is 33.7 Å². The molecule has 0 bridgehead atoms. The molecule has 0 atom stereocenters. The maximum absolute atomic E-state index is 12.2. The highest BCUT2D eigenvalue weighted by Gasteiger charge is 2.11. The Morgan fingerprint density at radius 3 is 2.60 bits per heavy atom. The summed E-state index contributed by atoms with van der Waals surface area (Å²) in [5.41, 5.74) is 1.00. The van der Waals surface area contributed by atoms with E-state index in [4.69, 9.17) is 0 Å². The van der Waals surface area contributed by atoms with Crippen molar-refractivity contribution in [3.8, 4) is 0 Å². The molecule has 0 unspecified atom stereocenters. The third-order valence-electron chi connectivity index (χ3n) is 2.79. The Morgan fingerprint density at radius 2 is 2.00 bits per heavy atom. The van der Waals surface area contributed by atoms with Crippen molar-refractivity contribution in [1.29, 1.82) is 0 Å². The number of anilines is 1. The first-order valence-electron chi connectivity index (χ1n) is 6.37. The molecule has 4 heteroatoms. The molecule has 2 aromatic rings. The predicted molar refractivity (Wildman–Crippen MR) is 85.4 cm³/mol. The van der Waals surface area contributed by atoms with Crippen LogP contribution in [-0.2, 0) is 4.79 Å². The third kappa shape index (κ3) is 3.78. The quantitative estimate of drug-likeness (QED) is 0.796. The summed E-state index contributed by atoms with van der Waals surface area (Å²) < 4.78 is 0.893. The Hall–Kier alpha value is -1.94. The van der Waals surface area contributed by atoms with Gasteiger partial charge in [-0.25, -0.2) is 4.98 Å². The SMILES string of the molecule is CCN(C(=O)/C=C/c1ccccc1)c1ccc(Br)cn1. The van der Waals surface area contributed by atoms with E-state index in [0.717, 1.165) is 10.0 Å². The predicted octanol–water partition coefficient (Wildman–Crippen LogP) is 3.91. The third-order valence-corrected chi connectivity index (χ3v) is 3.26. The van der Waals surface area contributed by atoms with E-state index in [-0.39, 0.29) is 5.91 Å². The van der Waals surface area contributed by atoms with Crippen molar-refractivity contribution in [2.24, 2.45) is 0 Å². The number of hydrogen-bond donors (Lipinski definition) is 0. The van der Waals surface area contributed by atoms with Crippen LogP contribution in [0.1, 0.15) is 12.5 Å².